The Balaban J connectivity index is 2.76. The van der Waals surface area contributed by atoms with Crippen LogP contribution in [0.5, 0.6) is 0 Å². The first-order valence-corrected chi connectivity index (χ1v) is 19.7. The van der Waals surface area contributed by atoms with Crippen molar-refractivity contribution in [3.8, 4) is 0 Å². The van der Waals surface area contributed by atoms with E-state index in [0.29, 0.717) is 12.8 Å². The predicted molar refractivity (Wildman–Crippen MR) is 187 cm³/mol. The summed E-state index contributed by atoms with van der Waals surface area (Å²) in [4.78, 5) is 12.9. The number of carbonyl (C=O) groups excluding carboxylic acids is 1. The fourth-order valence-electron chi connectivity index (χ4n) is 5.59. The van der Waals surface area contributed by atoms with E-state index in [1.165, 1.54) is 57.4 Å². The van der Waals surface area contributed by atoms with Crippen molar-refractivity contribution >= 4 is 16.3 Å². The third-order valence-corrected chi connectivity index (χ3v) is 9.06. The van der Waals surface area contributed by atoms with E-state index >= 15 is 0 Å². The predicted octanol–water partition coefficient (Wildman–Crippen LogP) is 4.01. The summed E-state index contributed by atoms with van der Waals surface area (Å²) in [6.07, 6.45) is 14.5. The van der Waals surface area contributed by atoms with Crippen molar-refractivity contribution in [1.29, 1.82) is 0 Å². The number of nitrogens with one attached hydrogen (secondary N) is 1. The molecule has 0 radical (unpaired) electrons. The first kappa shape index (κ1) is 45.6. The van der Waals surface area contributed by atoms with Crippen LogP contribution in [0.15, 0.2) is 24.3 Å². The Kier molecular flexibility index (Phi) is 25.3. The zero-order valence-corrected chi connectivity index (χ0v) is 30.4. The Labute approximate surface area is 294 Å². The molecule has 14 heteroatoms. The number of aliphatic hydroxyl groups excluding tert-OH is 5. The van der Waals surface area contributed by atoms with E-state index in [1.807, 2.05) is 0 Å². The van der Waals surface area contributed by atoms with E-state index in [2.05, 4.69) is 35.5 Å². The van der Waals surface area contributed by atoms with Crippen LogP contribution >= 0.6 is 0 Å². The van der Waals surface area contributed by atoms with Crippen molar-refractivity contribution in [2.24, 2.45) is 0 Å². The molecule has 1 fully saturated rings. The van der Waals surface area contributed by atoms with Crippen LogP contribution in [0.1, 0.15) is 129 Å². The van der Waals surface area contributed by atoms with Crippen LogP contribution in [0.25, 0.3) is 0 Å². The van der Waals surface area contributed by atoms with E-state index in [9.17, 15) is 38.7 Å². The van der Waals surface area contributed by atoms with Gasteiger partial charge >= 0.3 is 10.4 Å². The summed E-state index contributed by atoms with van der Waals surface area (Å²) in [5, 5.41) is 54.6. The number of hydrogen-bond acceptors (Lipinski definition) is 11. The Bertz CT molecular complexity index is 1010. The summed E-state index contributed by atoms with van der Waals surface area (Å²) in [6, 6.07) is -1.13. The lowest BCUT2D eigenvalue weighted by Gasteiger charge is -2.41. The summed E-state index contributed by atoms with van der Waals surface area (Å²) in [5.41, 5.74) is 0. The van der Waals surface area contributed by atoms with Crippen molar-refractivity contribution in [2.75, 3.05) is 13.2 Å². The molecule has 49 heavy (non-hydrogen) atoms. The zero-order chi connectivity index (χ0) is 36.5. The van der Waals surface area contributed by atoms with Gasteiger partial charge in [-0.2, -0.15) is 8.42 Å². The van der Waals surface area contributed by atoms with Crippen LogP contribution in [-0.2, 0) is 28.9 Å². The third kappa shape index (κ3) is 20.9. The minimum absolute atomic E-state index is 0.238. The number of unbranched alkanes of at least 4 members (excludes halogenated alkanes) is 14. The lowest BCUT2D eigenvalue weighted by molar-refractivity contribution is -0.298. The number of aliphatic hydroxyl groups is 5. The average molecular weight is 724 g/mol. The van der Waals surface area contributed by atoms with Gasteiger partial charge in [-0.3, -0.25) is 9.35 Å². The van der Waals surface area contributed by atoms with Crippen molar-refractivity contribution in [3.63, 3.8) is 0 Å². The van der Waals surface area contributed by atoms with Gasteiger partial charge < -0.3 is 40.3 Å². The molecule has 1 aliphatic heterocycles. The molecule has 1 heterocycles. The minimum atomic E-state index is -5.11. The van der Waals surface area contributed by atoms with Gasteiger partial charge in [0.25, 0.3) is 0 Å². The lowest BCUT2D eigenvalue weighted by Crippen LogP contribution is -2.61. The number of rotatable bonds is 29. The summed E-state index contributed by atoms with van der Waals surface area (Å²) in [6.45, 7) is 3.07. The van der Waals surface area contributed by atoms with Crippen LogP contribution in [0.3, 0.4) is 0 Å². The summed E-state index contributed by atoms with van der Waals surface area (Å²) in [5.74, 6) is -0.718. The summed E-state index contributed by atoms with van der Waals surface area (Å²) < 4.78 is 47.1. The highest BCUT2D eigenvalue weighted by Gasteiger charge is 2.48. The van der Waals surface area contributed by atoms with Crippen molar-refractivity contribution in [3.05, 3.63) is 24.3 Å². The molecule has 288 valence electrons. The second-order valence-corrected chi connectivity index (χ2v) is 14.0. The SMILES string of the molecule is CCCCC/C=C/CC/C=C/C(O)C(COC1OC(CO)C(O)C(OS(=O)(=O)O)C1O)NC(=O)C(O)CCCCCCCCCCCCC. The normalized spacial score (nSPS) is 23.6. The van der Waals surface area contributed by atoms with Crippen molar-refractivity contribution < 1.29 is 57.0 Å². The molecule has 1 amide bonds. The fourth-order valence-corrected chi connectivity index (χ4v) is 6.10. The standard InChI is InChI=1S/C35H65NO12S/c1-3-5-7-9-11-13-14-16-18-20-22-24-29(39)34(42)36-27(28(38)23-21-19-17-15-12-10-8-6-4-2)26-46-35-32(41)33(48-49(43,44)45)31(40)30(25-37)47-35/h12,15,21,23,27-33,35,37-41H,3-11,13-14,16-20,22,24-26H2,1-2H3,(H,36,42)(H,43,44,45)/b15-12+,23-21+. The van der Waals surface area contributed by atoms with Gasteiger partial charge in [-0.15, -0.1) is 0 Å². The first-order valence-electron chi connectivity index (χ1n) is 18.3. The Morgan fingerprint density at radius 1 is 0.816 bits per heavy atom. The summed E-state index contributed by atoms with van der Waals surface area (Å²) in [7, 11) is -5.11. The smallest absolute Gasteiger partial charge is 0.394 e. The molecule has 7 N–H and O–H groups in total. The van der Waals surface area contributed by atoms with Crippen LogP contribution < -0.4 is 5.32 Å². The molecule has 0 aromatic rings. The van der Waals surface area contributed by atoms with Gasteiger partial charge in [0.1, 0.15) is 30.5 Å². The molecule has 0 bridgehead atoms. The largest absolute Gasteiger partial charge is 0.397 e. The van der Waals surface area contributed by atoms with E-state index < -0.39 is 78.5 Å². The van der Waals surface area contributed by atoms with Crippen molar-refractivity contribution in [1.82, 2.24) is 5.32 Å². The molecule has 8 atom stereocenters. The topological polar surface area (TPSA) is 212 Å². The molecule has 0 aromatic carbocycles. The molecule has 13 nitrogen and oxygen atoms in total. The highest BCUT2D eigenvalue weighted by molar-refractivity contribution is 7.80. The summed E-state index contributed by atoms with van der Waals surface area (Å²) >= 11 is 0. The van der Waals surface area contributed by atoms with Crippen LogP contribution in [-0.4, -0.2) is 107 Å². The van der Waals surface area contributed by atoms with Gasteiger partial charge in [0, 0.05) is 0 Å². The van der Waals surface area contributed by atoms with Gasteiger partial charge in [-0.1, -0.05) is 122 Å². The van der Waals surface area contributed by atoms with Gasteiger partial charge in [0.05, 0.1) is 25.4 Å². The third-order valence-electron chi connectivity index (χ3n) is 8.59. The maximum atomic E-state index is 12.9. The highest BCUT2D eigenvalue weighted by atomic mass is 32.3. The van der Waals surface area contributed by atoms with Crippen LogP contribution in [0, 0.1) is 0 Å². The average Bonchev–Trinajstić information content (AvgIpc) is 3.06. The first-order chi connectivity index (χ1) is 23.4. The number of allylic oxidation sites excluding steroid dienone is 3. The zero-order valence-electron chi connectivity index (χ0n) is 29.6. The Hall–Kier alpha value is -1.46. The molecule has 0 aliphatic carbocycles. The number of amides is 1. The molecular weight excluding hydrogens is 658 g/mol. The van der Waals surface area contributed by atoms with Gasteiger partial charge in [-0.05, 0) is 32.1 Å². The molecule has 1 saturated heterocycles. The van der Waals surface area contributed by atoms with E-state index in [0.717, 1.165) is 44.9 Å². The molecule has 1 aliphatic rings. The van der Waals surface area contributed by atoms with Gasteiger partial charge in [0.2, 0.25) is 5.91 Å². The second-order valence-electron chi connectivity index (χ2n) is 12.9. The maximum Gasteiger partial charge on any atom is 0.397 e. The highest BCUT2D eigenvalue weighted by Crippen LogP contribution is 2.26. The number of carbonyl (C=O) groups is 1. The Morgan fingerprint density at radius 2 is 1.37 bits per heavy atom. The molecule has 8 unspecified atom stereocenters. The fraction of sp³-hybridized carbons (Fsp3) is 0.857. The van der Waals surface area contributed by atoms with Crippen molar-refractivity contribution in [2.45, 2.75) is 178 Å². The van der Waals surface area contributed by atoms with Gasteiger partial charge in [-0.25, -0.2) is 4.18 Å². The van der Waals surface area contributed by atoms with Gasteiger partial charge in [0.15, 0.2) is 6.29 Å². The quantitative estimate of drug-likeness (QED) is 0.0332. The lowest BCUT2D eigenvalue weighted by atomic mass is 9.99. The van der Waals surface area contributed by atoms with Crippen LogP contribution in [0.4, 0.5) is 0 Å². The maximum absolute atomic E-state index is 12.9. The molecule has 0 spiro atoms. The molecule has 0 aromatic heterocycles. The molecular formula is C35H65NO12S. The van der Waals surface area contributed by atoms with Crippen LogP contribution in [0.2, 0.25) is 0 Å². The Morgan fingerprint density at radius 3 is 1.96 bits per heavy atom. The molecule has 0 saturated carbocycles. The van der Waals surface area contributed by atoms with E-state index in [4.69, 9.17) is 14.0 Å². The molecule has 1 rings (SSSR count). The minimum Gasteiger partial charge on any atom is -0.394 e. The number of hydrogen-bond donors (Lipinski definition) is 7. The second kappa shape index (κ2) is 27.2. The monoisotopic (exact) mass is 723 g/mol. The van der Waals surface area contributed by atoms with E-state index in [1.54, 1.807) is 6.08 Å². The van der Waals surface area contributed by atoms with E-state index in [-0.39, 0.29) is 6.42 Å². The number of ether oxygens (including phenoxy) is 2.